The molecule has 1 aromatic rings. The van der Waals surface area contributed by atoms with Gasteiger partial charge in [0.15, 0.2) is 11.5 Å². The topological polar surface area (TPSA) is 50.7 Å². The van der Waals surface area contributed by atoms with Gasteiger partial charge in [0.1, 0.15) is 0 Å². The molecule has 2 N–H and O–H groups in total. The summed E-state index contributed by atoms with van der Waals surface area (Å²) in [5.41, 5.74) is 1.14. The van der Waals surface area contributed by atoms with E-state index in [0.717, 1.165) is 23.5 Å². The number of hydrogen-bond acceptors (Lipinski definition) is 4. The molecular weight excluding hydrogens is 242 g/mol. The Labute approximate surface area is 113 Å². The van der Waals surface area contributed by atoms with Crippen LogP contribution in [0.1, 0.15) is 44.3 Å². The van der Waals surface area contributed by atoms with E-state index in [1.807, 2.05) is 18.2 Å². The Bertz CT molecular complexity index is 451. The van der Waals surface area contributed by atoms with Crippen LogP contribution in [0.15, 0.2) is 18.2 Å². The summed E-state index contributed by atoms with van der Waals surface area (Å²) in [5.74, 6) is 1.48. The third kappa shape index (κ3) is 2.42. The number of ether oxygens (including phenoxy) is 2. The fourth-order valence-electron chi connectivity index (χ4n) is 2.81. The van der Waals surface area contributed by atoms with Gasteiger partial charge in [-0.1, -0.05) is 13.0 Å². The molecule has 1 unspecified atom stereocenters. The lowest BCUT2D eigenvalue weighted by atomic mass is 9.75. The Morgan fingerprint density at radius 3 is 2.79 bits per heavy atom. The number of benzene rings is 1. The first-order valence-electron chi connectivity index (χ1n) is 7.05. The van der Waals surface area contributed by atoms with Gasteiger partial charge in [-0.15, -0.1) is 0 Å². The highest BCUT2D eigenvalue weighted by Gasteiger charge is 2.34. The second-order valence-electron chi connectivity index (χ2n) is 5.50. The molecule has 4 heteroatoms. The van der Waals surface area contributed by atoms with Gasteiger partial charge in [0.2, 0.25) is 6.79 Å². The van der Waals surface area contributed by atoms with Crippen LogP contribution in [0.3, 0.4) is 0 Å². The summed E-state index contributed by atoms with van der Waals surface area (Å²) < 4.78 is 10.6. The molecule has 1 aromatic carbocycles. The second kappa shape index (κ2) is 5.02. The fraction of sp³-hybridized carbons (Fsp3) is 0.600. The number of hydrogen-bond donors (Lipinski definition) is 2. The molecule has 1 fully saturated rings. The summed E-state index contributed by atoms with van der Waals surface area (Å²) in [6, 6.07) is 5.63. The van der Waals surface area contributed by atoms with Crippen LogP contribution in [0.5, 0.6) is 11.5 Å². The first-order chi connectivity index (χ1) is 9.22. The highest BCUT2D eigenvalue weighted by molar-refractivity contribution is 5.45. The van der Waals surface area contributed by atoms with Gasteiger partial charge >= 0.3 is 0 Å². The zero-order chi connectivity index (χ0) is 13.3. The Morgan fingerprint density at radius 1 is 1.32 bits per heavy atom. The highest BCUT2D eigenvalue weighted by atomic mass is 16.7. The third-order valence-electron chi connectivity index (χ3n) is 4.44. The predicted molar refractivity (Wildman–Crippen MR) is 72.4 cm³/mol. The Morgan fingerprint density at radius 2 is 2.11 bits per heavy atom. The van der Waals surface area contributed by atoms with Crippen molar-refractivity contribution in [2.45, 2.75) is 44.2 Å². The van der Waals surface area contributed by atoms with Crippen LogP contribution >= 0.6 is 0 Å². The molecule has 4 nitrogen and oxygen atoms in total. The minimum Gasteiger partial charge on any atom is -0.454 e. The number of nitrogens with one attached hydrogen (secondary N) is 1. The van der Waals surface area contributed by atoms with E-state index >= 15 is 0 Å². The third-order valence-corrected chi connectivity index (χ3v) is 4.44. The van der Waals surface area contributed by atoms with Crippen LogP contribution < -0.4 is 14.8 Å². The normalized spacial score (nSPS) is 20.9. The minimum atomic E-state index is -0.501. The van der Waals surface area contributed by atoms with E-state index in [1.54, 1.807) is 0 Å². The summed E-state index contributed by atoms with van der Waals surface area (Å²) in [6.07, 6.45) is 4.36. The van der Waals surface area contributed by atoms with Crippen LogP contribution in [0, 0.1) is 0 Å². The fourth-order valence-corrected chi connectivity index (χ4v) is 2.81. The van der Waals surface area contributed by atoms with Crippen molar-refractivity contribution in [1.29, 1.82) is 0 Å². The summed E-state index contributed by atoms with van der Waals surface area (Å²) in [7, 11) is 0. The number of aliphatic hydroxyl groups is 1. The van der Waals surface area contributed by atoms with Gasteiger partial charge in [0.05, 0.1) is 6.10 Å². The lowest BCUT2D eigenvalue weighted by Crippen LogP contribution is -2.51. The molecule has 1 aliphatic heterocycles. The predicted octanol–water partition coefficient (Wildman–Crippen LogP) is 2.37. The van der Waals surface area contributed by atoms with Crippen molar-refractivity contribution in [2.75, 3.05) is 13.3 Å². The molecule has 0 amide bonds. The maximum absolute atomic E-state index is 10.3. The van der Waals surface area contributed by atoms with Crippen molar-refractivity contribution < 1.29 is 14.6 Å². The molecule has 0 radical (unpaired) electrons. The first-order valence-corrected chi connectivity index (χ1v) is 7.05. The number of rotatable bonds is 5. The van der Waals surface area contributed by atoms with E-state index in [1.165, 1.54) is 19.3 Å². The van der Waals surface area contributed by atoms with Crippen molar-refractivity contribution in [3.63, 3.8) is 0 Å². The van der Waals surface area contributed by atoms with Crippen LogP contribution in [0.25, 0.3) is 0 Å². The van der Waals surface area contributed by atoms with Gasteiger partial charge in [-0.3, -0.25) is 0 Å². The summed E-state index contributed by atoms with van der Waals surface area (Å²) in [4.78, 5) is 0. The summed E-state index contributed by atoms with van der Waals surface area (Å²) in [6.45, 7) is 3.07. The van der Waals surface area contributed by atoms with Gasteiger partial charge in [0.25, 0.3) is 0 Å². The Kier molecular flexibility index (Phi) is 3.37. The molecule has 1 atom stereocenters. The van der Waals surface area contributed by atoms with Gasteiger partial charge in [-0.2, -0.15) is 0 Å². The largest absolute Gasteiger partial charge is 0.454 e. The standard InChI is InChI=1S/C15H21NO3/c1-2-15(6-3-7-15)16-9-12(17)11-4-5-13-14(8-11)19-10-18-13/h4-5,8,12,16-17H,2-3,6-7,9-10H2,1H3. The van der Waals surface area contributed by atoms with Gasteiger partial charge in [0, 0.05) is 12.1 Å². The molecule has 3 rings (SSSR count). The van der Waals surface area contributed by atoms with E-state index in [-0.39, 0.29) is 12.3 Å². The number of aliphatic hydroxyl groups excluding tert-OH is 1. The number of fused-ring (bicyclic) bond motifs is 1. The molecule has 104 valence electrons. The average Bonchev–Trinajstić information content (AvgIpc) is 2.84. The minimum absolute atomic E-state index is 0.261. The Hall–Kier alpha value is -1.26. The van der Waals surface area contributed by atoms with Gasteiger partial charge in [-0.05, 0) is 43.4 Å². The molecule has 2 aliphatic rings. The van der Waals surface area contributed by atoms with E-state index in [4.69, 9.17) is 9.47 Å². The maximum Gasteiger partial charge on any atom is 0.231 e. The molecule has 1 saturated carbocycles. The van der Waals surface area contributed by atoms with E-state index in [9.17, 15) is 5.11 Å². The molecule has 1 aliphatic carbocycles. The lowest BCUT2D eigenvalue weighted by molar-refractivity contribution is 0.119. The van der Waals surface area contributed by atoms with Gasteiger partial charge in [-0.25, -0.2) is 0 Å². The molecule has 19 heavy (non-hydrogen) atoms. The van der Waals surface area contributed by atoms with Gasteiger partial charge < -0.3 is 19.9 Å². The van der Waals surface area contributed by atoms with Crippen molar-refractivity contribution in [3.05, 3.63) is 23.8 Å². The summed E-state index contributed by atoms with van der Waals surface area (Å²) in [5, 5.41) is 13.8. The van der Waals surface area contributed by atoms with Crippen LogP contribution in [-0.2, 0) is 0 Å². The zero-order valence-electron chi connectivity index (χ0n) is 11.3. The quantitative estimate of drug-likeness (QED) is 0.856. The van der Waals surface area contributed by atoms with Crippen molar-refractivity contribution >= 4 is 0 Å². The van der Waals surface area contributed by atoms with Crippen LogP contribution in [0.2, 0.25) is 0 Å². The van der Waals surface area contributed by atoms with Crippen molar-refractivity contribution in [3.8, 4) is 11.5 Å². The van der Waals surface area contributed by atoms with E-state index in [2.05, 4.69) is 12.2 Å². The highest BCUT2D eigenvalue weighted by Crippen LogP contribution is 2.36. The lowest BCUT2D eigenvalue weighted by Gasteiger charge is -2.42. The van der Waals surface area contributed by atoms with Crippen LogP contribution in [0.4, 0.5) is 0 Å². The molecule has 0 saturated heterocycles. The average molecular weight is 263 g/mol. The summed E-state index contributed by atoms with van der Waals surface area (Å²) >= 11 is 0. The molecule has 0 bridgehead atoms. The molecular formula is C15H21NO3. The van der Waals surface area contributed by atoms with E-state index in [0.29, 0.717) is 6.54 Å². The van der Waals surface area contributed by atoms with Crippen molar-refractivity contribution in [1.82, 2.24) is 5.32 Å². The molecule has 0 aromatic heterocycles. The first kappa shape index (κ1) is 12.8. The SMILES string of the molecule is CCC1(NCC(O)c2ccc3c(c2)OCO3)CCC1. The van der Waals surface area contributed by atoms with Crippen LogP contribution in [-0.4, -0.2) is 24.0 Å². The smallest absolute Gasteiger partial charge is 0.231 e. The zero-order valence-corrected chi connectivity index (χ0v) is 11.3. The second-order valence-corrected chi connectivity index (χ2v) is 5.50. The monoisotopic (exact) mass is 263 g/mol. The van der Waals surface area contributed by atoms with E-state index < -0.39 is 6.10 Å². The number of β-amino-alcohol motifs (C(OH)–C–C–N with tert-alkyl or cyclic N) is 1. The molecule has 0 spiro atoms. The molecule has 1 heterocycles. The Balaban J connectivity index is 1.62. The maximum atomic E-state index is 10.3. The van der Waals surface area contributed by atoms with Crippen molar-refractivity contribution in [2.24, 2.45) is 0 Å².